The Labute approximate surface area is 178 Å². The molecule has 0 saturated carbocycles. The fraction of sp³-hybridized carbons (Fsp3) is 0.444. The topological polar surface area (TPSA) is 191 Å². The van der Waals surface area contributed by atoms with Gasteiger partial charge in [-0.2, -0.15) is 12.6 Å². The first-order valence-electron chi connectivity index (χ1n) is 8.98. The molecular formula is C18H26N4O7S. The smallest absolute Gasteiger partial charge is 0.326 e. The average molecular weight is 442 g/mol. The summed E-state index contributed by atoms with van der Waals surface area (Å²) in [6, 6.07) is 1.93. The Morgan fingerprint density at radius 1 is 1.03 bits per heavy atom. The largest absolute Gasteiger partial charge is 0.508 e. The third-order valence-electron chi connectivity index (χ3n) is 4.07. The molecule has 4 unspecified atom stereocenters. The number of nitrogens with one attached hydrogen (secondary N) is 3. The number of aliphatic hydroxyl groups excluding tert-OH is 1. The standard InChI is InChI=1S/C18H26N4O7S/c1-9(23)15(22-14(25)7-19)17(27)21-13(8-30)16(26)20-12(18(28)29)6-10-2-4-11(24)5-3-10/h2-5,9,12-13,15,23-24,30H,6-8,19H2,1H3,(H,20,26)(H,21,27)(H,22,25)(H,28,29). The molecule has 1 aromatic carbocycles. The van der Waals surface area contributed by atoms with E-state index in [1.807, 2.05) is 0 Å². The van der Waals surface area contributed by atoms with Gasteiger partial charge in [-0.25, -0.2) is 4.79 Å². The Balaban J connectivity index is 2.83. The Morgan fingerprint density at radius 3 is 2.07 bits per heavy atom. The molecule has 1 rings (SSSR count). The van der Waals surface area contributed by atoms with E-state index in [1.54, 1.807) is 0 Å². The van der Waals surface area contributed by atoms with Gasteiger partial charge in [-0.15, -0.1) is 0 Å². The number of nitrogens with two attached hydrogens (primary N) is 1. The molecule has 12 heteroatoms. The Bertz CT molecular complexity index is 757. The van der Waals surface area contributed by atoms with Gasteiger partial charge in [0.1, 0.15) is 23.9 Å². The van der Waals surface area contributed by atoms with Gasteiger partial charge in [-0.05, 0) is 24.6 Å². The molecule has 3 amide bonds. The third kappa shape index (κ3) is 7.89. The summed E-state index contributed by atoms with van der Waals surface area (Å²) in [5, 5.41) is 35.3. The summed E-state index contributed by atoms with van der Waals surface area (Å²) in [6.45, 7) is 0.874. The van der Waals surface area contributed by atoms with Crippen molar-refractivity contribution < 1.29 is 34.5 Å². The van der Waals surface area contributed by atoms with Crippen LogP contribution in [0.15, 0.2) is 24.3 Å². The molecule has 8 N–H and O–H groups in total. The van der Waals surface area contributed by atoms with Crippen LogP contribution in [0.25, 0.3) is 0 Å². The van der Waals surface area contributed by atoms with Gasteiger partial charge in [0.15, 0.2) is 0 Å². The van der Waals surface area contributed by atoms with Gasteiger partial charge in [0.2, 0.25) is 17.7 Å². The maximum absolute atomic E-state index is 12.5. The van der Waals surface area contributed by atoms with Crippen LogP contribution in [0.2, 0.25) is 0 Å². The van der Waals surface area contributed by atoms with Crippen LogP contribution in [0, 0.1) is 0 Å². The second kappa shape index (κ2) is 12.0. The van der Waals surface area contributed by atoms with Crippen molar-refractivity contribution in [2.45, 2.75) is 37.6 Å². The molecule has 11 nitrogen and oxygen atoms in total. The van der Waals surface area contributed by atoms with Crippen molar-refractivity contribution in [3.8, 4) is 5.75 Å². The lowest BCUT2D eigenvalue weighted by Gasteiger charge is -2.24. The number of phenols is 1. The average Bonchev–Trinajstić information content (AvgIpc) is 2.70. The molecule has 0 aliphatic carbocycles. The first kappa shape index (κ1) is 25.2. The summed E-state index contributed by atoms with van der Waals surface area (Å²) >= 11 is 4.00. The van der Waals surface area contributed by atoms with Gasteiger partial charge in [-0.1, -0.05) is 12.1 Å². The van der Waals surface area contributed by atoms with E-state index in [-0.39, 0.29) is 17.9 Å². The molecular weight excluding hydrogens is 416 g/mol. The summed E-state index contributed by atoms with van der Waals surface area (Å²) in [6.07, 6.45) is -1.33. The van der Waals surface area contributed by atoms with Crippen molar-refractivity contribution in [3.63, 3.8) is 0 Å². The number of aliphatic hydroxyl groups is 1. The fourth-order valence-electron chi connectivity index (χ4n) is 2.43. The van der Waals surface area contributed by atoms with Crippen LogP contribution >= 0.6 is 12.6 Å². The van der Waals surface area contributed by atoms with Gasteiger partial charge in [0.25, 0.3) is 0 Å². The molecule has 166 valence electrons. The number of hydrogen-bond donors (Lipinski definition) is 8. The zero-order valence-electron chi connectivity index (χ0n) is 16.2. The van der Waals surface area contributed by atoms with E-state index in [9.17, 15) is 34.5 Å². The highest BCUT2D eigenvalue weighted by molar-refractivity contribution is 7.80. The van der Waals surface area contributed by atoms with Crippen molar-refractivity contribution in [3.05, 3.63) is 29.8 Å². The van der Waals surface area contributed by atoms with Gasteiger partial charge in [0.05, 0.1) is 12.6 Å². The van der Waals surface area contributed by atoms with Crippen LogP contribution in [0.1, 0.15) is 12.5 Å². The molecule has 1 aromatic rings. The van der Waals surface area contributed by atoms with Crippen molar-refractivity contribution in [2.75, 3.05) is 12.3 Å². The van der Waals surface area contributed by atoms with Gasteiger partial charge in [-0.3, -0.25) is 14.4 Å². The predicted molar refractivity (Wildman–Crippen MR) is 110 cm³/mol. The zero-order valence-corrected chi connectivity index (χ0v) is 17.1. The predicted octanol–water partition coefficient (Wildman–Crippen LogP) is -2.26. The maximum atomic E-state index is 12.5. The van der Waals surface area contributed by atoms with Crippen LogP contribution in [-0.4, -0.2) is 75.5 Å². The van der Waals surface area contributed by atoms with Gasteiger partial charge < -0.3 is 37.0 Å². The van der Waals surface area contributed by atoms with Crippen molar-refractivity contribution >= 4 is 36.3 Å². The second-order valence-corrected chi connectivity index (χ2v) is 6.87. The lowest BCUT2D eigenvalue weighted by atomic mass is 10.1. The first-order chi connectivity index (χ1) is 14.1. The molecule has 0 aromatic heterocycles. The molecule has 4 atom stereocenters. The van der Waals surface area contributed by atoms with Crippen molar-refractivity contribution in [2.24, 2.45) is 5.73 Å². The SMILES string of the molecule is CC(O)C(NC(=O)CN)C(=O)NC(CS)C(=O)NC(Cc1ccc(O)cc1)C(=O)O. The Morgan fingerprint density at radius 2 is 1.60 bits per heavy atom. The molecule has 0 radical (unpaired) electrons. The van der Waals surface area contributed by atoms with E-state index in [0.29, 0.717) is 5.56 Å². The highest BCUT2D eigenvalue weighted by Gasteiger charge is 2.30. The lowest BCUT2D eigenvalue weighted by molar-refractivity contribution is -0.142. The number of carboxylic acids is 1. The van der Waals surface area contributed by atoms with E-state index < -0.39 is 54.5 Å². The van der Waals surface area contributed by atoms with E-state index in [0.717, 1.165) is 0 Å². The molecule has 30 heavy (non-hydrogen) atoms. The number of aromatic hydroxyl groups is 1. The lowest BCUT2D eigenvalue weighted by Crippen LogP contribution is -2.59. The molecule has 0 spiro atoms. The molecule has 0 aliphatic rings. The molecule has 0 bridgehead atoms. The summed E-state index contributed by atoms with van der Waals surface area (Å²) in [5.41, 5.74) is 5.74. The number of aliphatic carboxylic acids is 1. The van der Waals surface area contributed by atoms with E-state index in [2.05, 4.69) is 28.6 Å². The number of benzene rings is 1. The minimum absolute atomic E-state index is 0.0157. The normalized spacial score (nSPS) is 14.7. The summed E-state index contributed by atoms with van der Waals surface area (Å²) in [5.74, 6) is -3.78. The number of carboxylic acid groups (broad SMARTS) is 1. The van der Waals surface area contributed by atoms with Crippen LogP contribution in [0.5, 0.6) is 5.75 Å². The maximum Gasteiger partial charge on any atom is 0.326 e. The number of carbonyl (C=O) groups is 4. The number of phenolic OH excluding ortho intramolecular Hbond substituents is 1. The molecule has 0 heterocycles. The van der Waals surface area contributed by atoms with Gasteiger partial charge >= 0.3 is 5.97 Å². The third-order valence-corrected chi connectivity index (χ3v) is 4.44. The molecule has 0 saturated heterocycles. The number of amides is 3. The summed E-state index contributed by atoms with van der Waals surface area (Å²) in [4.78, 5) is 47.8. The first-order valence-corrected chi connectivity index (χ1v) is 9.62. The number of thiol groups is 1. The quantitative estimate of drug-likeness (QED) is 0.176. The Hall–Kier alpha value is -2.83. The number of carbonyl (C=O) groups excluding carboxylic acids is 3. The van der Waals surface area contributed by atoms with Crippen LogP contribution in [0.3, 0.4) is 0 Å². The monoisotopic (exact) mass is 442 g/mol. The van der Waals surface area contributed by atoms with E-state index in [1.165, 1.54) is 31.2 Å². The molecule has 0 aliphatic heterocycles. The van der Waals surface area contributed by atoms with E-state index >= 15 is 0 Å². The minimum atomic E-state index is -1.36. The van der Waals surface area contributed by atoms with Crippen LogP contribution in [-0.2, 0) is 25.6 Å². The van der Waals surface area contributed by atoms with Crippen LogP contribution < -0.4 is 21.7 Å². The summed E-state index contributed by atoms with van der Waals surface area (Å²) in [7, 11) is 0. The molecule has 0 fully saturated rings. The summed E-state index contributed by atoms with van der Waals surface area (Å²) < 4.78 is 0. The Kier molecular flexibility index (Phi) is 10.1. The highest BCUT2D eigenvalue weighted by atomic mass is 32.1. The fourth-order valence-corrected chi connectivity index (χ4v) is 2.69. The van der Waals surface area contributed by atoms with Gasteiger partial charge in [0, 0.05) is 12.2 Å². The van der Waals surface area contributed by atoms with E-state index in [4.69, 9.17) is 5.73 Å². The number of hydrogen-bond acceptors (Lipinski definition) is 8. The highest BCUT2D eigenvalue weighted by Crippen LogP contribution is 2.11. The minimum Gasteiger partial charge on any atom is -0.508 e. The second-order valence-electron chi connectivity index (χ2n) is 6.50. The van der Waals surface area contributed by atoms with Crippen molar-refractivity contribution in [1.82, 2.24) is 16.0 Å². The van der Waals surface area contributed by atoms with Crippen LogP contribution in [0.4, 0.5) is 0 Å². The number of rotatable bonds is 11. The zero-order chi connectivity index (χ0) is 22.8. The van der Waals surface area contributed by atoms with Crippen molar-refractivity contribution in [1.29, 1.82) is 0 Å².